The molecule has 2 rings (SSSR count). The average Bonchev–Trinajstić information content (AvgIpc) is 2.19. The van der Waals surface area contributed by atoms with Crippen molar-refractivity contribution in [3.63, 3.8) is 0 Å². The first-order chi connectivity index (χ1) is 6.33. The molecular weight excluding hydrogens is 166 g/mol. The molecule has 1 aliphatic heterocycles. The van der Waals surface area contributed by atoms with Gasteiger partial charge in [0.2, 0.25) is 0 Å². The van der Waals surface area contributed by atoms with Gasteiger partial charge in [-0.1, -0.05) is 12.1 Å². The van der Waals surface area contributed by atoms with Crippen LogP contribution >= 0.6 is 0 Å². The highest BCUT2D eigenvalue weighted by atomic mass is 16.1. The van der Waals surface area contributed by atoms with E-state index in [1.165, 1.54) is 6.21 Å². The number of fused-ring (bicyclic) bond motifs is 1. The van der Waals surface area contributed by atoms with Crippen LogP contribution in [0.4, 0.5) is 5.69 Å². The maximum atomic E-state index is 11.5. The maximum Gasteiger partial charge on any atom is 0.180 e. The predicted molar refractivity (Wildman–Crippen MR) is 48.5 cm³/mol. The monoisotopic (exact) mass is 173 g/mol. The Bertz CT molecular complexity index is 396. The van der Waals surface area contributed by atoms with Crippen molar-refractivity contribution in [3.05, 3.63) is 29.8 Å². The molecule has 1 aromatic carbocycles. The molecule has 0 radical (unpaired) electrons. The maximum absolute atomic E-state index is 11.5. The van der Waals surface area contributed by atoms with Gasteiger partial charge in [-0.15, -0.1) is 0 Å². The molecule has 1 heterocycles. The van der Waals surface area contributed by atoms with Gasteiger partial charge in [0.1, 0.15) is 12.2 Å². The summed E-state index contributed by atoms with van der Waals surface area (Å²) in [5.74, 6) is -0.865. The fourth-order valence-corrected chi connectivity index (χ4v) is 1.30. The molecule has 1 atom stereocenters. The molecule has 0 saturated heterocycles. The van der Waals surface area contributed by atoms with Crippen molar-refractivity contribution < 1.29 is 9.59 Å². The molecule has 0 aromatic heterocycles. The lowest BCUT2D eigenvalue weighted by Crippen LogP contribution is -2.20. The molecule has 13 heavy (non-hydrogen) atoms. The Hall–Kier alpha value is -1.77. The molecular formula is C10H7NO2. The summed E-state index contributed by atoms with van der Waals surface area (Å²) in [4.78, 5) is 26.0. The minimum Gasteiger partial charge on any atom is -0.302 e. The molecule has 0 amide bonds. The molecule has 3 nitrogen and oxygen atoms in total. The number of hydrogen-bond acceptors (Lipinski definition) is 3. The topological polar surface area (TPSA) is 46.5 Å². The Morgan fingerprint density at radius 1 is 1.31 bits per heavy atom. The second-order valence-electron chi connectivity index (χ2n) is 2.82. The van der Waals surface area contributed by atoms with E-state index in [0.717, 1.165) is 0 Å². The predicted octanol–water partition coefficient (Wildman–Crippen LogP) is 1.40. The van der Waals surface area contributed by atoms with Gasteiger partial charge in [0.05, 0.1) is 5.69 Å². The number of rotatable bonds is 1. The van der Waals surface area contributed by atoms with Crippen LogP contribution in [0.2, 0.25) is 0 Å². The van der Waals surface area contributed by atoms with E-state index in [1.807, 2.05) is 6.07 Å². The zero-order chi connectivity index (χ0) is 9.26. The number of Topliss-reactive ketones (excluding diaryl/α,β-unsaturated/α-hetero) is 1. The number of benzene rings is 1. The minimum absolute atomic E-state index is 0.166. The van der Waals surface area contributed by atoms with Gasteiger partial charge >= 0.3 is 0 Å². The first-order valence-electron chi connectivity index (χ1n) is 3.95. The zero-order valence-corrected chi connectivity index (χ0v) is 6.81. The molecule has 0 N–H and O–H groups in total. The third kappa shape index (κ3) is 1.18. The molecule has 1 aliphatic rings. The van der Waals surface area contributed by atoms with Crippen LogP contribution in [0.15, 0.2) is 29.3 Å². The molecule has 0 spiro atoms. The van der Waals surface area contributed by atoms with Gasteiger partial charge in [0.25, 0.3) is 0 Å². The Labute approximate surface area is 75.1 Å². The average molecular weight is 173 g/mol. The summed E-state index contributed by atoms with van der Waals surface area (Å²) in [6.07, 6.45) is 2.00. The summed E-state index contributed by atoms with van der Waals surface area (Å²) in [5.41, 5.74) is 1.17. The van der Waals surface area contributed by atoms with Crippen LogP contribution < -0.4 is 0 Å². The highest BCUT2D eigenvalue weighted by Crippen LogP contribution is 2.24. The van der Waals surface area contributed by atoms with E-state index < -0.39 is 5.92 Å². The second kappa shape index (κ2) is 2.94. The van der Waals surface area contributed by atoms with E-state index in [9.17, 15) is 9.59 Å². The quantitative estimate of drug-likeness (QED) is 0.476. The van der Waals surface area contributed by atoms with Gasteiger partial charge in [-0.25, -0.2) is 0 Å². The Morgan fingerprint density at radius 3 is 2.85 bits per heavy atom. The van der Waals surface area contributed by atoms with E-state index in [4.69, 9.17) is 0 Å². The van der Waals surface area contributed by atoms with E-state index in [-0.39, 0.29) is 5.78 Å². The smallest absolute Gasteiger partial charge is 0.180 e. The fourth-order valence-electron chi connectivity index (χ4n) is 1.30. The van der Waals surface area contributed by atoms with Crippen molar-refractivity contribution in [1.29, 1.82) is 0 Å². The summed E-state index contributed by atoms with van der Waals surface area (Å²) in [6, 6.07) is 7.01. The Balaban J connectivity index is 2.54. The van der Waals surface area contributed by atoms with E-state index >= 15 is 0 Å². The van der Waals surface area contributed by atoms with Gasteiger partial charge in [-0.05, 0) is 12.1 Å². The normalized spacial score (nSPS) is 19.7. The number of hydrogen-bond donors (Lipinski definition) is 0. The van der Waals surface area contributed by atoms with Gasteiger partial charge in [-0.3, -0.25) is 9.79 Å². The first-order valence-corrected chi connectivity index (χ1v) is 3.95. The minimum atomic E-state index is -0.699. The van der Waals surface area contributed by atoms with E-state index in [2.05, 4.69) is 4.99 Å². The summed E-state index contributed by atoms with van der Waals surface area (Å²) < 4.78 is 0. The lowest BCUT2D eigenvalue weighted by atomic mass is 9.96. The molecule has 0 fully saturated rings. The van der Waals surface area contributed by atoms with Crippen molar-refractivity contribution >= 4 is 24.0 Å². The number of carbonyl (C=O) groups excluding carboxylic acids is 2. The van der Waals surface area contributed by atoms with E-state index in [1.54, 1.807) is 18.2 Å². The van der Waals surface area contributed by atoms with Crippen LogP contribution in [-0.2, 0) is 4.79 Å². The summed E-state index contributed by atoms with van der Waals surface area (Å²) >= 11 is 0. The van der Waals surface area contributed by atoms with Gasteiger partial charge < -0.3 is 4.79 Å². The van der Waals surface area contributed by atoms with Crippen molar-refractivity contribution in [3.8, 4) is 0 Å². The molecule has 1 aromatic rings. The number of ketones is 1. The standard InChI is InChI=1S/C10H7NO2/c12-6-7-5-11-9-4-2-1-3-8(9)10(7)13/h1-7H. The van der Waals surface area contributed by atoms with Crippen LogP contribution in [0.25, 0.3) is 0 Å². The van der Waals surface area contributed by atoms with Crippen LogP contribution in [0.3, 0.4) is 0 Å². The molecule has 3 heteroatoms. The number of aliphatic imine (C=N–C) groups is 1. The van der Waals surface area contributed by atoms with Crippen molar-refractivity contribution in [2.45, 2.75) is 0 Å². The highest BCUT2D eigenvalue weighted by molar-refractivity contribution is 6.19. The van der Waals surface area contributed by atoms with Gasteiger partial charge in [0.15, 0.2) is 5.78 Å². The number of nitrogens with zero attached hydrogens (tertiary/aromatic N) is 1. The number of para-hydroxylation sites is 1. The number of aldehydes is 1. The first kappa shape index (κ1) is 7.86. The Kier molecular flexibility index (Phi) is 1.77. The Morgan fingerprint density at radius 2 is 2.08 bits per heavy atom. The van der Waals surface area contributed by atoms with Crippen LogP contribution in [0.1, 0.15) is 10.4 Å². The third-order valence-corrected chi connectivity index (χ3v) is 1.99. The summed E-state index contributed by atoms with van der Waals surface area (Å²) in [5, 5.41) is 0. The molecule has 0 aliphatic carbocycles. The molecule has 1 unspecified atom stereocenters. The van der Waals surface area contributed by atoms with Crippen molar-refractivity contribution in [2.75, 3.05) is 0 Å². The summed E-state index contributed by atoms with van der Waals surface area (Å²) in [6.45, 7) is 0. The second-order valence-corrected chi connectivity index (χ2v) is 2.82. The van der Waals surface area contributed by atoms with Crippen LogP contribution in [-0.4, -0.2) is 18.3 Å². The lowest BCUT2D eigenvalue weighted by molar-refractivity contribution is -0.108. The summed E-state index contributed by atoms with van der Waals surface area (Å²) in [7, 11) is 0. The third-order valence-electron chi connectivity index (χ3n) is 1.99. The van der Waals surface area contributed by atoms with Crippen LogP contribution in [0, 0.1) is 5.92 Å². The largest absolute Gasteiger partial charge is 0.302 e. The number of carbonyl (C=O) groups is 2. The van der Waals surface area contributed by atoms with Gasteiger partial charge in [0, 0.05) is 11.8 Å². The fraction of sp³-hybridized carbons (Fsp3) is 0.100. The SMILES string of the molecule is O=CC1C=Nc2ccccc2C1=O. The van der Waals surface area contributed by atoms with Crippen molar-refractivity contribution in [1.82, 2.24) is 0 Å². The van der Waals surface area contributed by atoms with Crippen molar-refractivity contribution in [2.24, 2.45) is 10.9 Å². The molecule has 64 valence electrons. The molecule has 0 saturated carbocycles. The van der Waals surface area contributed by atoms with Crippen LogP contribution in [0.5, 0.6) is 0 Å². The lowest BCUT2D eigenvalue weighted by Gasteiger charge is -2.11. The highest BCUT2D eigenvalue weighted by Gasteiger charge is 2.23. The molecule has 0 bridgehead atoms. The zero-order valence-electron chi connectivity index (χ0n) is 6.81. The van der Waals surface area contributed by atoms with Gasteiger partial charge in [-0.2, -0.15) is 0 Å². The van der Waals surface area contributed by atoms with E-state index in [0.29, 0.717) is 17.5 Å².